The molecule has 130 valence electrons. The molecule has 2 aromatic heterocycles. The Labute approximate surface area is 153 Å². The third-order valence-electron chi connectivity index (χ3n) is 4.23. The van der Waals surface area contributed by atoms with Crippen molar-refractivity contribution < 1.29 is 0 Å². The van der Waals surface area contributed by atoms with Crippen molar-refractivity contribution in [3.63, 3.8) is 0 Å². The van der Waals surface area contributed by atoms with Crippen molar-refractivity contribution in [3.8, 4) is 5.69 Å². The summed E-state index contributed by atoms with van der Waals surface area (Å²) in [6.07, 6.45) is 3.43. The molecule has 4 aromatic rings. The standard InChI is InChI=1S/C19H16N4O2S/c1-26-15-9-7-14(8-10-15)23-17-16(20-12-21-17)18(24)22(19(23)25)11-13-5-3-2-4-6-13/h2-10,12H,11H2,1H3,(H,20,21). The highest BCUT2D eigenvalue weighted by Crippen LogP contribution is 2.18. The van der Waals surface area contributed by atoms with Crippen LogP contribution in [0.15, 0.2) is 75.4 Å². The van der Waals surface area contributed by atoms with E-state index in [0.717, 1.165) is 10.5 Å². The van der Waals surface area contributed by atoms with Crippen molar-refractivity contribution >= 4 is 22.9 Å². The quantitative estimate of drug-likeness (QED) is 0.565. The highest BCUT2D eigenvalue weighted by molar-refractivity contribution is 7.98. The van der Waals surface area contributed by atoms with Gasteiger partial charge in [-0.05, 0) is 36.1 Å². The summed E-state index contributed by atoms with van der Waals surface area (Å²) in [6.45, 7) is 0.205. The first-order valence-corrected chi connectivity index (χ1v) is 9.29. The first-order chi connectivity index (χ1) is 12.7. The third kappa shape index (κ3) is 2.76. The van der Waals surface area contributed by atoms with E-state index in [9.17, 15) is 9.59 Å². The van der Waals surface area contributed by atoms with E-state index in [1.54, 1.807) is 11.8 Å². The molecule has 0 bridgehead atoms. The van der Waals surface area contributed by atoms with Gasteiger partial charge in [-0.25, -0.2) is 14.3 Å². The van der Waals surface area contributed by atoms with Crippen LogP contribution in [0.5, 0.6) is 0 Å². The van der Waals surface area contributed by atoms with Crippen LogP contribution in [-0.2, 0) is 6.54 Å². The molecule has 0 aliphatic rings. The molecule has 0 amide bonds. The van der Waals surface area contributed by atoms with Gasteiger partial charge in [0, 0.05) is 4.90 Å². The number of H-pyrrole nitrogens is 1. The minimum absolute atomic E-state index is 0.205. The number of nitrogens with one attached hydrogen (secondary N) is 1. The van der Waals surface area contributed by atoms with Crippen molar-refractivity contribution in [1.29, 1.82) is 0 Å². The minimum Gasteiger partial charge on any atom is -0.339 e. The normalized spacial score (nSPS) is 11.1. The van der Waals surface area contributed by atoms with Crippen LogP contribution >= 0.6 is 11.8 Å². The van der Waals surface area contributed by atoms with E-state index in [0.29, 0.717) is 16.9 Å². The maximum Gasteiger partial charge on any atom is 0.337 e. The molecule has 0 spiro atoms. The summed E-state index contributed by atoms with van der Waals surface area (Å²) in [5.41, 5.74) is 1.43. The Bertz CT molecular complexity index is 1170. The molecule has 26 heavy (non-hydrogen) atoms. The fraction of sp³-hybridized carbons (Fsp3) is 0.105. The molecule has 0 unspecified atom stereocenters. The van der Waals surface area contributed by atoms with Crippen molar-refractivity contribution in [1.82, 2.24) is 19.1 Å². The Kier molecular flexibility index (Phi) is 4.22. The Morgan fingerprint density at radius 2 is 1.77 bits per heavy atom. The van der Waals surface area contributed by atoms with E-state index >= 15 is 0 Å². The molecule has 0 radical (unpaired) electrons. The average molecular weight is 364 g/mol. The maximum atomic E-state index is 13.1. The van der Waals surface area contributed by atoms with Gasteiger partial charge in [-0.2, -0.15) is 0 Å². The van der Waals surface area contributed by atoms with E-state index in [4.69, 9.17) is 0 Å². The first-order valence-electron chi connectivity index (χ1n) is 8.06. The lowest BCUT2D eigenvalue weighted by Gasteiger charge is -2.12. The van der Waals surface area contributed by atoms with Crippen LogP contribution in [0.25, 0.3) is 16.9 Å². The second-order valence-corrected chi connectivity index (χ2v) is 6.67. The zero-order chi connectivity index (χ0) is 18.1. The number of aromatic amines is 1. The van der Waals surface area contributed by atoms with Gasteiger partial charge in [-0.15, -0.1) is 11.8 Å². The van der Waals surface area contributed by atoms with Gasteiger partial charge in [-0.1, -0.05) is 30.3 Å². The fourth-order valence-corrected chi connectivity index (χ4v) is 3.32. The van der Waals surface area contributed by atoms with Crippen LogP contribution < -0.4 is 11.2 Å². The van der Waals surface area contributed by atoms with Crippen molar-refractivity contribution in [3.05, 3.63) is 87.3 Å². The molecule has 0 aliphatic heterocycles. The molecule has 1 N–H and O–H groups in total. The maximum absolute atomic E-state index is 13.1. The van der Waals surface area contributed by atoms with Crippen LogP contribution in [0.1, 0.15) is 5.56 Å². The SMILES string of the molecule is CSc1ccc(-n2c(=O)n(Cc3ccccc3)c(=O)c3[nH]cnc32)cc1. The summed E-state index contributed by atoms with van der Waals surface area (Å²) >= 11 is 1.63. The number of fused-ring (bicyclic) bond motifs is 1. The molecule has 7 heteroatoms. The number of rotatable bonds is 4. The fourth-order valence-electron chi connectivity index (χ4n) is 2.92. The van der Waals surface area contributed by atoms with Gasteiger partial charge in [0.1, 0.15) is 5.52 Å². The zero-order valence-electron chi connectivity index (χ0n) is 14.0. The Morgan fingerprint density at radius 3 is 2.46 bits per heavy atom. The van der Waals surface area contributed by atoms with Crippen LogP contribution in [0.4, 0.5) is 0 Å². The molecular weight excluding hydrogens is 348 g/mol. The number of hydrogen-bond acceptors (Lipinski definition) is 4. The Balaban J connectivity index is 1.96. The molecule has 0 saturated heterocycles. The van der Waals surface area contributed by atoms with Crippen LogP contribution in [0, 0.1) is 0 Å². The van der Waals surface area contributed by atoms with Crippen molar-refractivity contribution in [2.45, 2.75) is 11.4 Å². The summed E-state index contributed by atoms with van der Waals surface area (Å²) in [6, 6.07) is 17.0. The van der Waals surface area contributed by atoms with Gasteiger partial charge < -0.3 is 4.98 Å². The van der Waals surface area contributed by atoms with Gasteiger partial charge in [0.15, 0.2) is 5.65 Å². The number of nitrogens with zero attached hydrogens (tertiary/aromatic N) is 3. The third-order valence-corrected chi connectivity index (χ3v) is 4.97. The summed E-state index contributed by atoms with van der Waals surface area (Å²) < 4.78 is 2.71. The van der Waals surface area contributed by atoms with E-state index in [1.807, 2.05) is 60.9 Å². The predicted octanol–water partition coefficient (Wildman–Crippen LogP) is 2.65. The number of benzene rings is 2. The molecule has 2 heterocycles. The molecule has 0 saturated carbocycles. The molecule has 0 aliphatic carbocycles. The van der Waals surface area contributed by atoms with Crippen LogP contribution in [-0.4, -0.2) is 25.4 Å². The van der Waals surface area contributed by atoms with Crippen molar-refractivity contribution in [2.75, 3.05) is 6.26 Å². The van der Waals surface area contributed by atoms with E-state index in [-0.39, 0.29) is 12.1 Å². The van der Waals surface area contributed by atoms with E-state index < -0.39 is 5.69 Å². The molecule has 0 fully saturated rings. The summed E-state index contributed by atoms with van der Waals surface area (Å²) in [4.78, 5) is 34.1. The van der Waals surface area contributed by atoms with Crippen LogP contribution in [0.2, 0.25) is 0 Å². The van der Waals surface area contributed by atoms with Gasteiger partial charge >= 0.3 is 5.69 Å². The first kappa shape index (κ1) is 16.4. The topological polar surface area (TPSA) is 72.7 Å². The molecular formula is C19H16N4O2S. The van der Waals surface area contributed by atoms with E-state index in [2.05, 4.69) is 9.97 Å². The number of imidazole rings is 1. The van der Waals surface area contributed by atoms with Gasteiger partial charge in [-0.3, -0.25) is 9.36 Å². The predicted molar refractivity (Wildman–Crippen MR) is 103 cm³/mol. The minimum atomic E-state index is -0.407. The second-order valence-electron chi connectivity index (χ2n) is 5.79. The highest BCUT2D eigenvalue weighted by atomic mass is 32.2. The monoisotopic (exact) mass is 364 g/mol. The molecule has 0 atom stereocenters. The lowest BCUT2D eigenvalue weighted by molar-refractivity contribution is 0.683. The lowest BCUT2D eigenvalue weighted by atomic mass is 10.2. The number of aromatic nitrogens is 4. The Morgan fingerprint density at radius 1 is 1.04 bits per heavy atom. The smallest absolute Gasteiger partial charge is 0.337 e. The number of hydrogen-bond donors (Lipinski definition) is 1. The lowest BCUT2D eigenvalue weighted by Crippen LogP contribution is -2.39. The summed E-state index contributed by atoms with van der Waals surface area (Å²) in [5.74, 6) is 0. The highest BCUT2D eigenvalue weighted by Gasteiger charge is 2.16. The second kappa shape index (κ2) is 6.68. The average Bonchev–Trinajstić information content (AvgIpc) is 3.16. The van der Waals surface area contributed by atoms with Crippen molar-refractivity contribution in [2.24, 2.45) is 0 Å². The van der Waals surface area contributed by atoms with Crippen LogP contribution in [0.3, 0.4) is 0 Å². The Hall–Kier alpha value is -3.06. The summed E-state index contributed by atoms with van der Waals surface area (Å²) in [5, 5.41) is 0. The number of thioether (sulfide) groups is 1. The largest absolute Gasteiger partial charge is 0.339 e. The molecule has 4 rings (SSSR count). The van der Waals surface area contributed by atoms with Gasteiger partial charge in [0.2, 0.25) is 0 Å². The van der Waals surface area contributed by atoms with E-state index in [1.165, 1.54) is 15.5 Å². The van der Waals surface area contributed by atoms with Gasteiger partial charge in [0.25, 0.3) is 5.56 Å². The molecule has 6 nitrogen and oxygen atoms in total. The van der Waals surface area contributed by atoms with Gasteiger partial charge in [0.05, 0.1) is 18.6 Å². The molecule has 2 aromatic carbocycles. The zero-order valence-corrected chi connectivity index (χ0v) is 14.9. The summed E-state index contributed by atoms with van der Waals surface area (Å²) in [7, 11) is 0.